The number of benzene rings is 3. The fourth-order valence-corrected chi connectivity index (χ4v) is 3.64. The first kappa shape index (κ1) is 23.3. The van der Waals surface area contributed by atoms with Gasteiger partial charge in [0.1, 0.15) is 18.0 Å². The van der Waals surface area contributed by atoms with Crippen LogP contribution in [0.2, 0.25) is 5.02 Å². The van der Waals surface area contributed by atoms with Crippen LogP contribution in [-0.4, -0.2) is 49.3 Å². The number of halogens is 1. The summed E-state index contributed by atoms with van der Waals surface area (Å²) >= 11 is 5.87. The van der Waals surface area contributed by atoms with Gasteiger partial charge in [0.05, 0.1) is 5.69 Å². The summed E-state index contributed by atoms with van der Waals surface area (Å²) in [6, 6.07) is 21.1. The fourth-order valence-electron chi connectivity index (χ4n) is 3.51. The number of carbonyl (C=O) groups is 3. The Morgan fingerprint density at radius 1 is 1.06 bits per heavy atom. The average Bonchev–Trinajstić information content (AvgIpc) is 2.85. The first-order valence-corrected chi connectivity index (χ1v) is 11.0. The van der Waals surface area contributed by atoms with Crippen LogP contribution >= 0.6 is 11.6 Å². The van der Waals surface area contributed by atoms with E-state index in [1.165, 1.54) is 4.90 Å². The Kier molecular flexibility index (Phi) is 7.13. The normalized spacial score (nSPS) is 12.5. The van der Waals surface area contributed by atoms with Crippen LogP contribution in [0.3, 0.4) is 0 Å². The van der Waals surface area contributed by atoms with Crippen molar-refractivity contribution in [2.24, 2.45) is 0 Å². The number of anilines is 1. The molecule has 0 radical (unpaired) electrons. The number of carbonyl (C=O) groups excluding carboxylic acids is 3. The summed E-state index contributed by atoms with van der Waals surface area (Å²) in [7, 11) is 1.69. The lowest BCUT2D eigenvalue weighted by Crippen LogP contribution is -2.45. The third kappa shape index (κ3) is 5.55. The number of rotatable bonds is 8. The van der Waals surface area contributed by atoms with Crippen molar-refractivity contribution in [1.82, 2.24) is 4.90 Å². The highest BCUT2D eigenvalue weighted by atomic mass is 35.5. The molecule has 8 heteroatoms. The first-order valence-electron chi connectivity index (χ1n) is 10.7. The topological polar surface area (TPSA) is 76.2 Å². The monoisotopic (exact) mass is 478 g/mol. The molecular formula is C26H23ClN2O5. The zero-order valence-corrected chi connectivity index (χ0v) is 19.3. The van der Waals surface area contributed by atoms with E-state index in [-0.39, 0.29) is 37.4 Å². The number of ether oxygens (including phenoxy) is 2. The lowest BCUT2D eigenvalue weighted by molar-refractivity contribution is -0.131. The van der Waals surface area contributed by atoms with Crippen LogP contribution in [-0.2, 0) is 16.1 Å². The van der Waals surface area contributed by atoms with Crippen molar-refractivity contribution < 1.29 is 23.9 Å². The highest BCUT2D eigenvalue weighted by Crippen LogP contribution is 2.33. The minimum Gasteiger partial charge on any atom is -0.485 e. The van der Waals surface area contributed by atoms with Gasteiger partial charge >= 0.3 is 0 Å². The van der Waals surface area contributed by atoms with Crippen LogP contribution in [0, 0.1) is 0 Å². The van der Waals surface area contributed by atoms with Crippen molar-refractivity contribution in [3.05, 3.63) is 88.9 Å². The van der Waals surface area contributed by atoms with Gasteiger partial charge in [-0.15, -0.1) is 0 Å². The molecule has 0 saturated heterocycles. The Bertz CT molecular complexity index is 1200. The summed E-state index contributed by atoms with van der Waals surface area (Å²) in [5, 5.41) is 0.571. The molecule has 3 aromatic rings. The Morgan fingerprint density at radius 3 is 2.53 bits per heavy atom. The van der Waals surface area contributed by atoms with E-state index in [0.29, 0.717) is 34.3 Å². The van der Waals surface area contributed by atoms with Gasteiger partial charge in [-0.3, -0.25) is 19.3 Å². The summed E-state index contributed by atoms with van der Waals surface area (Å²) in [5.74, 6) is 0.100. The smallest absolute Gasteiger partial charge is 0.265 e. The van der Waals surface area contributed by atoms with Gasteiger partial charge in [0.15, 0.2) is 19.0 Å². The second-order valence-corrected chi connectivity index (χ2v) is 8.29. The number of nitrogens with zero attached hydrogens (tertiary/aromatic N) is 2. The van der Waals surface area contributed by atoms with Crippen LogP contribution in [0.4, 0.5) is 5.69 Å². The van der Waals surface area contributed by atoms with E-state index in [4.69, 9.17) is 21.1 Å². The van der Waals surface area contributed by atoms with Crippen molar-refractivity contribution in [2.45, 2.75) is 6.54 Å². The molecular weight excluding hydrogens is 456 g/mol. The van der Waals surface area contributed by atoms with Crippen molar-refractivity contribution in [3.63, 3.8) is 0 Å². The zero-order valence-electron chi connectivity index (χ0n) is 18.6. The number of ketones is 1. The second-order valence-electron chi connectivity index (χ2n) is 7.85. The molecule has 0 spiro atoms. The maximum atomic E-state index is 12.9. The van der Waals surface area contributed by atoms with E-state index in [0.717, 1.165) is 5.56 Å². The van der Waals surface area contributed by atoms with E-state index in [1.54, 1.807) is 54.4 Å². The predicted molar refractivity (Wildman–Crippen MR) is 128 cm³/mol. The van der Waals surface area contributed by atoms with E-state index in [9.17, 15) is 14.4 Å². The molecule has 0 aromatic heterocycles. The zero-order chi connectivity index (χ0) is 24.1. The highest BCUT2D eigenvalue weighted by Gasteiger charge is 2.29. The Balaban J connectivity index is 1.46. The van der Waals surface area contributed by atoms with E-state index in [1.807, 2.05) is 30.3 Å². The molecule has 1 heterocycles. The molecule has 174 valence electrons. The average molecular weight is 479 g/mol. The Morgan fingerprint density at radius 2 is 1.79 bits per heavy atom. The van der Waals surface area contributed by atoms with Gasteiger partial charge in [-0.05, 0) is 48.0 Å². The standard InChI is InChI=1S/C26H23ClN2O5/c1-28(14-18-5-3-2-4-6-18)25(31)15-29-22-13-19(7-12-24(22)34-17-26(29)32)23(30)16-33-21-10-8-20(27)9-11-21/h2-13H,14-17H2,1H3. The van der Waals surface area contributed by atoms with E-state index in [2.05, 4.69) is 0 Å². The molecule has 34 heavy (non-hydrogen) atoms. The van der Waals surface area contributed by atoms with Gasteiger partial charge in [0.2, 0.25) is 5.91 Å². The van der Waals surface area contributed by atoms with Crippen molar-refractivity contribution >= 4 is 34.9 Å². The van der Waals surface area contributed by atoms with Crippen LogP contribution < -0.4 is 14.4 Å². The molecule has 0 fully saturated rings. The molecule has 4 rings (SSSR count). The van der Waals surface area contributed by atoms with Crippen LogP contribution in [0.25, 0.3) is 0 Å². The second kappa shape index (κ2) is 10.4. The van der Waals surface area contributed by atoms with Crippen molar-refractivity contribution in [2.75, 3.05) is 31.7 Å². The first-order chi connectivity index (χ1) is 16.4. The van der Waals surface area contributed by atoms with Gasteiger partial charge in [-0.2, -0.15) is 0 Å². The van der Waals surface area contributed by atoms with Crippen LogP contribution in [0.1, 0.15) is 15.9 Å². The molecule has 1 aliphatic heterocycles. The molecule has 1 aliphatic rings. The number of fused-ring (bicyclic) bond motifs is 1. The van der Waals surface area contributed by atoms with Gasteiger partial charge in [-0.25, -0.2) is 0 Å². The third-order valence-electron chi connectivity index (χ3n) is 5.39. The van der Waals surface area contributed by atoms with Gasteiger partial charge in [0.25, 0.3) is 5.91 Å². The highest BCUT2D eigenvalue weighted by molar-refractivity contribution is 6.30. The number of hydrogen-bond donors (Lipinski definition) is 0. The molecule has 0 unspecified atom stereocenters. The number of amides is 2. The van der Waals surface area contributed by atoms with E-state index >= 15 is 0 Å². The predicted octanol–water partition coefficient (Wildman–Crippen LogP) is 3.99. The van der Waals surface area contributed by atoms with Gasteiger partial charge in [-0.1, -0.05) is 41.9 Å². The summed E-state index contributed by atoms with van der Waals surface area (Å²) < 4.78 is 11.0. The van der Waals surface area contributed by atoms with Crippen molar-refractivity contribution in [1.29, 1.82) is 0 Å². The molecule has 0 saturated carbocycles. The third-order valence-corrected chi connectivity index (χ3v) is 5.64. The van der Waals surface area contributed by atoms with E-state index < -0.39 is 0 Å². The molecule has 0 N–H and O–H groups in total. The summed E-state index contributed by atoms with van der Waals surface area (Å²) in [6.07, 6.45) is 0. The van der Waals surface area contributed by atoms with Gasteiger partial charge < -0.3 is 14.4 Å². The summed E-state index contributed by atoms with van der Waals surface area (Å²) in [6.45, 7) is -0.0906. The minimum absolute atomic E-state index is 0.155. The quantitative estimate of drug-likeness (QED) is 0.458. The SMILES string of the molecule is CN(Cc1ccccc1)C(=O)CN1C(=O)COc2ccc(C(=O)COc3ccc(Cl)cc3)cc21. The molecule has 0 aliphatic carbocycles. The molecule has 3 aromatic carbocycles. The minimum atomic E-state index is -0.351. The van der Waals surface area contributed by atoms with Crippen molar-refractivity contribution in [3.8, 4) is 11.5 Å². The molecule has 0 atom stereocenters. The van der Waals surface area contributed by atoms with Crippen LogP contribution in [0.5, 0.6) is 11.5 Å². The fraction of sp³-hybridized carbons (Fsp3) is 0.192. The number of likely N-dealkylation sites (N-methyl/N-ethyl adjacent to an activating group) is 1. The summed E-state index contributed by atoms with van der Waals surface area (Å²) in [5.41, 5.74) is 1.72. The summed E-state index contributed by atoms with van der Waals surface area (Å²) in [4.78, 5) is 41.1. The molecule has 0 bridgehead atoms. The lowest BCUT2D eigenvalue weighted by atomic mass is 10.1. The molecule has 7 nitrogen and oxygen atoms in total. The molecule has 2 amide bonds. The number of hydrogen-bond acceptors (Lipinski definition) is 5. The Hall–Kier alpha value is -3.84. The largest absolute Gasteiger partial charge is 0.485 e. The maximum Gasteiger partial charge on any atom is 0.265 e. The van der Waals surface area contributed by atoms with Gasteiger partial charge in [0, 0.05) is 24.2 Å². The maximum absolute atomic E-state index is 12.9. The lowest BCUT2D eigenvalue weighted by Gasteiger charge is -2.30. The van der Waals surface area contributed by atoms with Crippen LogP contribution in [0.15, 0.2) is 72.8 Å². The Labute approximate surface area is 202 Å². The number of Topliss-reactive ketones (excluding diaryl/α,β-unsaturated/α-hetero) is 1.